The second-order valence-electron chi connectivity index (χ2n) is 3.00. The Bertz CT molecular complexity index is 316. The molecule has 2 nitrogen and oxygen atoms in total. The van der Waals surface area contributed by atoms with Crippen LogP contribution in [0.2, 0.25) is 0 Å². The van der Waals surface area contributed by atoms with E-state index in [2.05, 4.69) is 11.8 Å². The Morgan fingerprint density at radius 3 is 2.92 bits per heavy atom. The van der Waals surface area contributed by atoms with Crippen molar-refractivity contribution in [2.24, 2.45) is 5.73 Å². The van der Waals surface area contributed by atoms with Crippen LogP contribution in [0.1, 0.15) is 37.1 Å². The van der Waals surface area contributed by atoms with Gasteiger partial charge < -0.3 is 10.2 Å². The van der Waals surface area contributed by atoms with Crippen LogP contribution in [0.25, 0.3) is 0 Å². The van der Waals surface area contributed by atoms with E-state index in [-0.39, 0.29) is 6.04 Å². The van der Waals surface area contributed by atoms with Gasteiger partial charge in [0.2, 0.25) is 0 Å². The van der Waals surface area contributed by atoms with Crippen molar-refractivity contribution in [1.82, 2.24) is 0 Å². The summed E-state index contributed by atoms with van der Waals surface area (Å²) in [6, 6.07) is 1.99. The van der Waals surface area contributed by atoms with Crippen molar-refractivity contribution in [3.05, 3.63) is 23.7 Å². The molecular formula is C11H15NO. The van der Waals surface area contributed by atoms with E-state index >= 15 is 0 Å². The van der Waals surface area contributed by atoms with Crippen molar-refractivity contribution in [2.45, 2.75) is 32.7 Å². The fourth-order valence-electron chi connectivity index (χ4n) is 1.29. The maximum absolute atomic E-state index is 5.95. The second-order valence-corrected chi connectivity index (χ2v) is 3.00. The Hall–Kier alpha value is -1.20. The lowest BCUT2D eigenvalue weighted by Gasteiger charge is -2.07. The molecule has 0 aromatic carbocycles. The van der Waals surface area contributed by atoms with Gasteiger partial charge in [-0.05, 0) is 26.3 Å². The summed E-state index contributed by atoms with van der Waals surface area (Å²) >= 11 is 0. The average molecular weight is 177 g/mol. The van der Waals surface area contributed by atoms with Gasteiger partial charge in [0.25, 0.3) is 0 Å². The fraction of sp³-hybridized carbons (Fsp3) is 0.455. The summed E-state index contributed by atoms with van der Waals surface area (Å²) in [6.45, 7) is 3.77. The summed E-state index contributed by atoms with van der Waals surface area (Å²) < 4.78 is 5.18. The molecule has 0 spiro atoms. The molecule has 0 saturated heterocycles. The first-order valence-corrected chi connectivity index (χ1v) is 4.45. The molecule has 0 radical (unpaired) electrons. The van der Waals surface area contributed by atoms with Crippen LogP contribution < -0.4 is 5.73 Å². The number of hydrogen-bond acceptors (Lipinski definition) is 2. The van der Waals surface area contributed by atoms with Crippen molar-refractivity contribution in [3.8, 4) is 11.8 Å². The lowest BCUT2D eigenvalue weighted by Crippen LogP contribution is -2.09. The molecular weight excluding hydrogens is 162 g/mol. The highest BCUT2D eigenvalue weighted by molar-refractivity contribution is 5.19. The maximum Gasteiger partial charge on any atom is 0.105 e. The molecule has 2 N–H and O–H groups in total. The van der Waals surface area contributed by atoms with Crippen LogP contribution in [0.5, 0.6) is 0 Å². The van der Waals surface area contributed by atoms with Gasteiger partial charge in [0.05, 0.1) is 6.26 Å². The Labute approximate surface area is 79.1 Å². The van der Waals surface area contributed by atoms with E-state index in [1.54, 1.807) is 6.26 Å². The number of aryl methyl sites for hydroxylation is 1. The molecule has 0 aliphatic carbocycles. The summed E-state index contributed by atoms with van der Waals surface area (Å²) in [5, 5.41) is 0. The number of nitrogens with two attached hydrogens (primary N) is 1. The van der Waals surface area contributed by atoms with Crippen LogP contribution in [0.3, 0.4) is 0 Å². The van der Waals surface area contributed by atoms with Crippen molar-refractivity contribution in [3.63, 3.8) is 0 Å². The highest BCUT2D eigenvalue weighted by Crippen LogP contribution is 2.19. The molecule has 1 atom stereocenters. The molecule has 1 rings (SSSR count). The van der Waals surface area contributed by atoms with Gasteiger partial charge in [-0.25, -0.2) is 0 Å². The SMILES string of the molecule is CC#CCCC(N)c1ccoc1C. The van der Waals surface area contributed by atoms with E-state index in [0.717, 1.165) is 24.2 Å². The molecule has 0 amide bonds. The van der Waals surface area contributed by atoms with E-state index in [4.69, 9.17) is 10.2 Å². The Balaban J connectivity index is 2.52. The van der Waals surface area contributed by atoms with Crippen molar-refractivity contribution < 1.29 is 4.42 Å². The predicted octanol–water partition coefficient (Wildman–Crippen LogP) is 2.39. The Morgan fingerprint density at radius 1 is 1.62 bits per heavy atom. The third-order valence-electron chi connectivity index (χ3n) is 2.06. The first-order valence-electron chi connectivity index (χ1n) is 4.45. The minimum atomic E-state index is 0.0552. The Kier molecular flexibility index (Phi) is 3.60. The topological polar surface area (TPSA) is 39.2 Å². The molecule has 2 heteroatoms. The molecule has 0 fully saturated rings. The third kappa shape index (κ3) is 2.64. The molecule has 1 heterocycles. The van der Waals surface area contributed by atoms with E-state index in [1.807, 2.05) is 19.9 Å². The van der Waals surface area contributed by atoms with Gasteiger partial charge in [-0.15, -0.1) is 11.8 Å². The zero-order valence-electron chi connectivity index (χ0n) is 8.13. The molecule has 70 valence electrons. The molecule has 0 aliphatic rings. The highest BCUT2D eigenvalue weighted by Gasteiger charge is 2.09. The fourth-order valence-corrected chi connectivity index (χ4v) is 1.29. The van der Waals surface area contributed by atoms with Crippen molar-refractivity contribution in [2.75, 3.05) is 0 Å². The van der Waals surface area contributed by atoms with Crippen LogP contribution in [0, 0.1) is 18.8 Å². The standard InChI is InChI=1S/C11H15NO/c1-3-4-5-6-11(12)10-7-8-13-9(10)2/h7-8,11H,5-6,12H2,1-2H3. The van der Waals surface area contributed by atoms with Gasteiger partial charge in [0.15, 0.2) is 0 Å². The highest BCUT2D eigenvalue weighted by atomic mass is 16.3. The molecule has 0 saturated carbocycles. The first-order chi connectivity index (χ1) is 6.25. The van der Waals surface area contributed by atoms with Crippen LogP contribution >= 0.6 is 0 Å². The molecule has 0 aliphatic heterocycles. The number of furan rings is 1. The van der Waals surface area contributed by atoms with Crippen LogP contribution in [-0.4, -0.2) is 0 Å². The Morgan fingerprint density at radius 2 is 2.38 bits per heavy atom. The monoisotopic (exact) mass is 177 g/mol. The average Bonchev–Trinajstić information content (AvgIpc) is 2.52. The lowest BCUT2D eigenvalue weighted by molar-refractivity contribution is 0.521. The molecule has 1 aromatic heterocycles. The predicted molar refractivity (Wildman–Crippen MR) is 53.1 cm³/mol. The molecule has 0 bridgehead atoms. The maximum atomic E-state index is 5.95. The smallest absolute Gasteiger partial charge is 0.105 e. The van der Waals surface area contributed by atoms with Gasteiger partial charge >= 0.3 is 0 Å². The van der Waals surface area contributed by atoms with Gasteiger partial charge in [-0.1, -0.05) is 0 Å². The summed E-state index contributed by atoms with van der Waals surface area (Å²) in [6.07, 6.45) is 3.42. The second kappa shape index (κ2) is 4.74. The first kappa shape index (κ1) is 9.88. The third-order valence-corrected chi connectivity index (χ3v) is 2.06. The molecule has 1 aromatic rings. The summed E-state index contributed by atoms with van der Waals surface area (Å²) in [5.41, 5.74) is 7.05. The van der Waals surface area contributed by atoms with E-state index in [1.165, 1.54) is 0 Å². The number of rotatable bonds is 3. The van der Waals surface area contributed by atoms with E-state index < -0.39 is 0 Å². The lowest BCUT2D eigenvalue weighted by atomic mass is 10.0. The summed E-state index contributed by atoms with van der Waals surface area (Å²) in [7, 11) is 0. The minimum absolute atomic E-state index is 0.0552. The van der Waals surface area contributed by atoms with Crippen molar-refractivity contribution in [1.29, 1.82) is 0 Å². The summed E-state index contributed by atoms with van der Waals surface area (Å²) in [4.78, 5) is 0. The van der Waals surface area contributed by atoms with Crippen LogP contribution in [-0.2, 0) is 0 Å². The summed E-state index contributed by atoms with van der Waals surface area (Å²) in [5.74, 6) is 6.77. The van der Waals surface area contributed by atoms with Gasteiger partial charge in [-0.2, -0.15) is 0 Å². The van der Waals surface area contributed by atoms with Crippen LogP contribution in [0.15, 0.2) is 16.7 Å². The van der Waals surface area contributed by atoms with Gasteiger partial charge in [0.1, 0.15) is 5.76 Å². The van der Waals surface area contributed by atoms with E-state index in [9.17, 15) is 0 Å². The zero-order chi connectivity index (χ0) is 9.68. The van der Waals surface area contributed by atoms with Crippen molar-refractivity contribution >= 4 is 0 Å². The van der Waals surface area contributed by atoms with E-state index in [0.29, 0.717) is 0 Å². The molecule has 1 unspecified atom stereocenters. The number of hydrogen-bond donors (Lipinski definition) is 1. The molecule has 13 heavy (non-hydrogen) atoms. The normalized spacial score (nSPS) is 11.9. The van der Waals surface area contributed by atoms with Gasteiger partial charge in [-0.3, -0.25) is 0 Å². The minimum Gasteiger partial charge on any atom is -0.469 e. The zero-order valence-corrected chi connectivity index (χ0v) is 8.13. The quantitative estimate of drug-likeness (QED) is 0.720. The van der Waals surface area contributed by atoms with Gasteiger partial charge in [0, 0.05) is 18.0 Å². The largest absolute Gasteiger partial charge is 0.469 e. The van der Waals surface area contributed by atoms with Crippen LogP contribution in [0.4, 0.5) is 0 Å².